The van der Waals surface area contributed by atoms with Crippen LogP contribution in [0.3, 0.4) is 0 Å². The fraction of sp³-hybridized carbons (Fsp3) is 0. The fourth-order valence-electron chi connectivity index (χ4n) is 1.88. The van der Waals surface area contributed by atoms with Gasteiger partial charge >= 0.3 is 0 Å². The highest BCUT2D eigenvalue weighted by Gasteiger charge is 1.95. The van der Waals surface area contributed by atoms with Crippen LogP contribution in [0, 0.1) is 10.8 Å². The van der Waals surface area contributed by atoms with Crippen LogP contribution in [-0.4, -0.2) is 0 Å². The van der Waals surface area contributed by atoms with Crippen molar-refractivity contribution in [2.24, 2.45) is 0 Å². The van der Waals surface area contributed by atoms with Crippen molar-refractivity contribution >= 4 is 34.0 Å². The topological polar surface area (TPSA) is 47.6 Å². The molecule has 0 heterocycles. The van der Waals surface area contributed by atoms with Gasteiger partial charge < -0.3 is 0 Å². The SMILES string of the molecule is Cl.N#N.c1ccc2cc3ccccc3cc2c1. The van der Waals surface area contributed by atoms with E-state index in [4.69, 9.17) is 10.8 Å². The first-order chi connectivity index (χ1) is 7.93. The van der Waals surface area contributed by atoms with Crippen LogP contribution in [0.25, 0.3) is 21.5 Å². The molecule has 0 amide bonds. The molecule has 3 aromatic carbocycles. The Hall–Kier alpha value is -2.11. The summed E-state index contributed by atoms with van der Waals surface area (Å²) in [6.07, 6.45) is 0. The van der Waals surface area contributed by atoms with Crippen LogP contribution in [0.2, 0.25) is 0 Å². The molecule has 3 heteroatoms. The number of hydrogen-bond acceptors (Lipinski definition) is 2. The number of nitrogens with zero attached hydrogens (tertiary/aromatic N) is 2. The molecule has 3 rings (SSSR count). The summed E-state index contributed by atoms with van der Waals surface area (Å²) in [5.41, 5.74) is 0. The minimum atomic E-state index is 0. The van der Waals surface area contributed by atoms with Gasteiger partial charge in [0.25, 0.3) is 0 Å². The fourth-order valence-corrected chi connectivity index (χ4v) is 1.88. The summed E-state index contributed by atoms with van der Waals surface area (Å²) in [6.45, 7) is 0. The molecule has 0 radical (unpaired) electrons. The average Bonchev–Trinajstić information content (AvgIpc) is 2.38. The van der Waals surface area contributed by atoms with E-state index in [2.05, 4.69) is 60.7 Å². The zero-order valence-corrected chi connectivity index (χ0v) is 9.89. The predicted octanol–water partition coefficient (Wildman–Crippen LogP) is 4.44. The van der Waals surface area contributed by atoms with Gasteiger partial charge in [-0.3, -0.25) is 0 Å². The van der Waals surface area contributed by atoms with E-state index in [1.54, 1.807) is 0 Å². The number of halogens is 1. The molecule has 3 aromatic rings. The van der Waals surface area contributed by atoms with E-state index >= 15 is 0 Å². The van der Waals surface area contributed by atoms with Gasteiger partial charge in [0.2, 0.25) is 0 Å². The third-order valence-electron chi connectivity index (χ3n) is 2.61. The van der Waals surface area contributed by atoms with Crippen molar-refractivity contribution in [3.63, 3.8) is 0 Å². The average molecular weight is 243 g/mol. The van der Waals surface area contributed by atoms with Crippen LogP contribution in [0.1, 0.15) is 0 Å². The van der Waals surface area contributed by atoms with Crippen LogP contribution in [0.15, 0.2) is 60.7 Å². The van der Waals surface area contributed by atoms with Gasteiger partial charge in [-0.2, -0.15) is 0 Å². The Morgan fingerprint density at radius 1 is 0.529 bits per heavy atom. The molecular formula is C14H11ClN2. The van der Waals surface area contributed by atoms with E-state index in [-0.39, 0.29) is 12.4 Å². The standard InChI is InChI=1S/C14H10.ClH.N2/c1-2-6-12-10-14-8-4-3-7-13(14)9-11(12)5-1;;1-2/h1-10H;1H;. The third kappa shape index (κ3) is 2.52. The molecule has 0 fully saturated rings. The number of benzene rings is 3. The molecule has 0 aromatic heterocycles. The molecule has 0 N–H and O–H groups in total. The Labute approximate surface area is 106 Å². The van der Waals surface area contributed by atoms with Crippen LogP contribution in [-0.2, 0) is 0 Å². The van der Waals surface area contributed by atoms with Crippen molar-refractivity contribution in [3.05, 3.63) is 60.7 Å². The van der Waals surface area contributed by atoms with Crippen molar-refractivity contribution in [2.75, 3.05) is 0 Å². The van der Waals surface area contributed by atoms with Crippen LogP contribution in [0.4, 0.5) is 0 Å². The van der Waals surface area contributed by atoms with Crippen LogP contribution in [0.5, 0.6) is 0 Å². The summed E-state index contributed by atoms with van der Waals surface area (Å²) in [5, 5.41) is 17.2. The minimum Gasteiger partial charge on any atom is -0.147 e. The van der Waals surface area contributed by atoms with E-state index < -0.39 is 0 Å². The predicted molar refractivity (Wildman–Crippen MR) is 72.2 cm³/mol. The number of hydrogen-bond donors (Lipinski definition) is 0. The first-order valence-electron chi connectivity index (χ1n) is 5.01. The van der Waals surface area contributed by atoms with E-state index in [0.29, 0.717) is 0 Å². The maximum Gasteiger partial charge on any atom is 0 e. The molecule has 0 aliphatic rings. The highest BCUT2D eigenvalue weighted by Crippen LogP contribution is 2.21. The monoisotopic (exact) mass is 242 g/mol. The van der Waals surface area contributed by atoms with Crippen LogP contribution >= 0.6 is 12.4 Å². The van der Waals surface area contributed by atoms with Gasteiger partial charge in [0.05, 0.1) is 0 Å². The van der Waals surface area contributed by atoms with E-state index in [1.165, 1.54) is 21.5 Å². The zero-order chi connectivity index (χ0) is 11.4. The van der Waals surface area contributed by atoms with Crippen LogP contribution < -0.4 is 0 Å². The summed E-state index contributed by atoms with van der Waals surface area (Å²) in [7, 11) is 0. The molecule has 0 saturated carbocycles. The Kier molecular flexibility index (Phi) is 4.45. The highest BCUT2D eigenvalue weighted by atomic mass is 35.5. The Morgan fingerprint density at radius 2 is 0.765 bits per heavy atom. The maximum atomic E-state index is 6.00. The summed E-state index contributed by atoms with van der Waals surface area (Å²) in [4.78, 5) is 0. The first kappa shape index (κ1) is 13.0. The summed E-state index contributed by atoms with van der Waals surface area (Å²) in [5.74, 6) is 0. The van der Waals surface area contributed by atoms with Gasteiger partial charge in [0, 0.05) is 10.8 Å². The lowest BCUT2D eigenvalue weighted by Gasteiger charge is -2.00. The second-order valence-corrected chi connectivity index (χ2v) is 3.55. The second-order valence-electron chi connectivity index (χ2n) is 3.55. The van der Waals surface area contributed by atoms with Gasteiger partial charge in [0.1, 0.15) is 0 Å². The van der Waals surface area contributed by atoms with Crippen molar-refractivity contribution < 1.29 is 0 Å². The van der Waals surface area contributed by atoms with E-state index in [9.17, 15) is 0 Å². The van der Waals surface area contributed by atoms with E-state index in [0.717, 1.165) is 0 Å². The molecule has 0 aliphatic heterocycles. The molecule has 0 atom stereocenters. The smallest absolute Gasteiger partial charge is 0 e. The molecule has 17 heavy (non-hydrogen) atoms. The minimum absolute atomic E-state index is 0. The number of fused-ring (bicyclic) bond motifs is 2. The molecular weight excluding hydrogens is 232 g/mol. The third-order valence-corrected chi connectivity index (χ3v) is 2.61. The zero-order valence-electron chi connectivity index (χ0n) is 9.08. The van der Waals surface area contributed by atoms with Gasteiger partial charge in [-0.05, 0) is 33.7 Å². The van der Waals surface area contributed by atoms with Crippen molar-refractivity contribution in [1.82, 2.24) is 0 Å². The van der Waals surface area contributed by atoms with Crippen molar-refractivity contribution in [2.45, 2.75) is 0 Å². The normalized spacial score (nSPS) is 9.06. The Bertz CT molecular complexity index is 542. The van der Waals surface area contributed by atoms with Gasteiger partial charge in [0.15, 0.2) is 0 Å². The molecule has 0 saturated heterocycles. The Balaban J connectivity index is 0.000000459. The lowest BCUT2D eigenvalue weighted by molar-refractivity contribution is 1.15. The van der Waals surface area contributed by atoms with E-state index in [1.807, 2.05) is 0 Å². The maximum absolute atomic E-state index is 6.00. The van der Waals surface area contributed by atoms with Crippen molar-refractivity contribution in [1.29, 1.82) is 10.8 Å². The molecule has 0 bridgehead atoms. The summed E-state index contributed by atoms with van der Waals surface area (Å²) < 4.78 is 0. The lowest BCUT2D eigenvalue weighted by Crippen LogP contribution is -1.74. The van der Waals surface area contributed by atoms with Gasteiger partial charge in [-0.25, -0.2) is 0 Å². The summed E-state index contributed by atoms with van der Waals surface area (Å²) in [6, 6.07) is 21.4. The molecule has 84 valence electrons. The molecule has 2 nitrogen and oxygen atoms in total. The lowest BCUT2D eigenvalue weighted by atomic mass is 10.0. The van der Waals surface area contributed by atoms with Crippen molar-refractivity contribution in [3.8, 4) is 0 Å². The molecule has 0 unspecified atom stereocenters. The molecule has 0 aliphatic carbocycles. The first-order valence-corrected chi connectivity index (χ1v) is 5.01. The Morgan fingerprint density at radius 3 is 1.00 bits per heavy atom. The summed E-state index contributed by atoms with van der Waals surface area (Å²) >= 11 is 0. The quantitative estimate of drug-likeness (QED) is 0.432. The number of rotatable bonds is 0. The largest absolute Gasteiger partial charge is 0.147 e. The van der Waals surface area contributed by atoms with Gasteiger partial charge in [-0.1, -0.05) is 48.5 Å². The molecule has 0 spiro atoms. The van der Waals surface area contributed by atoms with Gasteiger partial charge in [-0.15, -0.1) is 12.4 Å². The second kappa shape index (κ2) is 5.83. The highest BCUT2D eigenvalue weighted by molar-refractivity contribution is 5.98.